The lowest BCUT2D eigenvalue weighted by molar-refractivity contribution is 0.282. The SMILES string of the molecule is CC1=CC=C(c2cccc(CO)c2)CCC(C)=C1. The predicted molar refractivity (Wildman–Crippen MR) is 77.1 cm³/mol. The fourth-order valence-corrected chi connectivity index (χ4v) is 2.27. The van der Waals surface area contributed by atoms with Crippen LogP contribution < -0.4 is 0 Å². The van der Waals surface area contributed by atoms with Crippen molar-refractivity contribution in [2.24, 2.45) is 0 Å². The standard InChI is InChI=1S/C17H20O/c1-13-6-8-16(9-7-14(2)10-13)17-5-3-4-15(11-17)12-18/h3-6,8,10-11,18H,7,9,12H2,1-2H3. The average molecular weight is 240 g/mol. The van der Waals surface area contributed by atoms with E-state index < -0.39 is 0 Å². The summed E-state index contributed by atoms with van der Waals surface area (Å²) >= 11 is 0. The van der Waals surface area contributed by atoms with E-state index in [-0.39, 0.29) is 6.61 Å². The molecular formula is C17H20O. The average Bonchev–Trinajstić information content (AvgIpc) is 2.36. The fraction of sp³-hybridized carbons (Fsp3) is 0.294. The third-order valence-corrected chi connectivity index (χ3v) is 3.29. The molecule has 0 saturated heterocycles. The van der Waals surface area contributed by atoms with Crippen molar-refractivity contribution in [3.05, 3.63) is 64.8 Å². The zero-order chi connectivity index (χ0) is 13.0. The molecule has 1 aromatic rings. The number of hydrogen-bond donors (Lipinski definition) is 1. The van der Waals surface area contributed by atoms with E-state index in [2.05, 4.69) is 44.2 Å². The summed E-state index contributed by atoms with van der Waals surface area (Å²) in [5.41, 5.74) is 6.26. The van der Waals surface area contributed by atoms with Crippen LogP contribution in [0.1, 0.15) is 37.8 Å². The van der Waals surface area contributed by atoms with Gasteiger partial charge in [-0.1, -0.05) is 47.6 Å². The molecule has 0 amide bonds. The molecule has 1 N–H and O–H groups in total. The van der Waals surface area contributed by atoms with Crippen LogP contribution in [-0.4, -0.2) is 5.11 Å². The molecule has 2 rings (SSSR count). The van der Waals surface area contributed by atoms with E-state index in [0.717, 1.165) is 18.4 Å². The van der Waals surface area contributed by atoms with Crippen molar-refractivity contribution in [1.82, 2.24) is 0 Å². The normalized spacial score (nSPS) is 16.3. The van der Waals surface area contributed by atoms with Gasteiger partial charge in [0.2, 0.25) is 0 Å². The Morgan fingerprint density at radius 3 is 2.72 bits per heavy atom. The number of hydrogen-bond acceptors (Lipinski definition) is 1. The zero-order valence-corrected chi connectivity index (χ0v) is 11.1. The minimum absolute atomic E-state index is 0.106. The topological polar surface area (TPSA) is 20.2 Å². The predicted octanol–water partition coefficient (Wildman–Crippen LogP) is 4.25. The molecule has 0 atom stereocenters. The third-order valence-electron chi connectivity index (χ3n) is 3.29. The first kappa shape index (κ1) is 12.8. The van der Waals surface area contributed by atoms with Crippen molar-refractivity contribution < 1.29 is 5.11 Å². The molecule has 0 heterocycles. The highest BCUT2D eigenvalue weighted by atomic mass is 16.3. The fourth-order valence-electron chi connectivity index (χ4n) is 2.27. The van der Waals surface area contributed by atoms with Crippen molar-refractivity contribution in [2.45, 2.75) is 33.3 Å². The monoisotopic (exact) mass is 240 g/mol. The van der Waals surface area contributed by atoms with Gasteiger partial charge < -0.3 is 5.11 Å². The molecule has 0 aliphatic heterocycles. The summed E-state index contributed by atoms with van der Waals surface area (Å²) in [4.78, 5) is 0. The molecule has 1 aliphatic rings. The Labute approximate surface area is 109 Å². The molecule has 0 fully saturated rings. The quantitative estimate of drug-likeness (QED) is 0.819. The zero-order valence-electron chi connectivity index (χ0n) is 11.1. The van der Waals surface area contributed by atoms with Crippen LogP contribution in [0.5, 0.6) is 0 Å². The molecule has 0 aromatic heterocycles. The summed E-state index contributed by atoms with van der Waals surface area (Å²) < 4.78 is 0. The summed E-state index contributed by atoms with van der Waals surface area (Å²) in [6.45, 7) is 4.42. The highest BCUT2D eigenvalue weighted by molar-refractivity contribution is 5.68. The van der Waals surface area contributed by atoms with Crippen LogP contribution in [0.3, 0.4) is 0 Å². The number of aliphatic hydroxyl groups excluding tert-OH is 1. The van der Waals surface area contributed by atoms with E-state index in [0.29, 0.717) is 0 Å². The molecule has 0 radical (unpaired) electrons. The summed E-state index contributed by atoms with van der Waals surface area (Å²) in [6.07, 6.45) is 8.77. The lowest BCUT2D eigenvalue weighted by atomic mass is 9.94. The second kappa shape index (κ2) is 5.83. The van der Waals surface area contributed by atoms with Crippen LogP contribution in [-0.2, 0) is 6.61 Å². The molecule has 0 spiro atoms. The van der Waals surface area contributed by atoms with Gasteiger partial charge in [-0.3, -0.25) is 0 Å². The number of aliphatic hydroxyl groups is 1. The summed E-state index contributed by atoms with van der Waals surface area (Å²) in [7, 11) is 0. The van der Waals surface area contributed by atoms with Gasteiger partial charge in [-0.25, -0.2) is 0 Å². The van der Waals surface area contributed by atoms with Gasteiger partial charge in [-0.2, -0.15) is 0 Å². The Kier molecular flexibility index (Phi) is 4.16. The highest BCUT2D eigenvalue weighted by Crippen LogP contribution is 2.25. The van der Waals surface area contributed by atoms with E-state index in [9.17, 15) is 5.11 Å². The van der Waals surface area contributed by atoms with Crippen LogP contribution >= 0.6 is 0 Å². The maximum Gasteiger partial charge on any atom is 0.0682 e. The second-order valence-electron chi connectivity index (χ2n) is 4.95. The van der Waals surface area contributed by atoms with Crippen LogP contribution in [0.2, 0.25) is 0 Å². The lowest BCUT2D eigenvalue weighted by Crippen LogP contribution is -1.92. The van der Waals surface area contributed by atoms with Crippen LogP contribution in [0.25, 0.3) is 5.57 Å². The van der Waals surface area contributed by atoms with E-state index in [1.165, 1.54) is 22.3 Å². The summed E-state index contributed by atoms with van der Waals surface area (Å²) in [5.74, 6) is 0. The maximum atomic E-state index is 9.20. The van der Waals surface area contributed by atoms with Crippen LogP contribution in [0.4, 0.5) is 0 Å². The smallest absolute Gasteiger partial charge is 0.0682 e. The van der Waals surface area contributed by atoms with E-state index in [1.807, 2.05) is 12.1 Å². The van der Waals surface area contributed by atoms with Gasteiger partial charge in [0, 0.05) is 0 Å². The number of allylic oxidation sites excluding steroid dienone is 6. The van der Waals surface area contributed by atoms with Crippen LogP contribution in [0.15, 0.2) is 53.6 Å². The van der Waals surface area contributed by atoms with E-state index >= 15 is 0 Å². The number of benzene rings is 1. The first-order chi connectivity index (χ1) is 8.69. The van der Waals surface area contributed by atoms with Crippen molar-refractivity contribution in [3.8, 4) is 0 Å². The molecule has 0 bridgehead atoms. The van der Waals surface area contributed by atoms with Crippen LogP contribution in [0, 0.1) is 0 Å². The van der Waals surface area contributed by atoms with Gasteiger partial charge in [0.25, 0.3) is 0 Å². The lowest BCUT2D eigenvalue weighted by Gasteiger charge is -2.11. The van der Waals surface area contributed by atoms with Crippen molar-refractivity contribution in [1.29, 1.82) is 0 Å². The van der Waals surface area contributed by atoms with Gasteiger partial charge in [0.1, 0.15) is 0 Å². The van der Waals surface area contributed by atoms with E-state index in [4.69, 9.17) is 0 Å². The first-order valence-electron chi connectivity index (χ1n) is 6.44. The van der Waals surface area contributed by atoms with Crippen molar-refractivity contribution in [3.63, 3.8) is 0 Å². The highest BCUT2D eigenvalue weighted by Gasteiger charge is 2.05. The maximum absolute atomic E-state index is 9.20. The second-order valence-corrected chi connectivity index (χ2v) is 4.95. The Morgan fingerprint density at radius 2 is 1.94 bits per heavy atom. The first-order valence-corrected chi connectivity index (χ1v) is 6.44. The minimum Gasteiger partial charge on any atom is -0.392 e. The van der Waals surface area contributed by atoms with Gasteiger partial charge in [-0.05, 0) is 49.5 Å². The Balaban J connectivity index is 2.32. The molecule has 1 aliphatic carbocycles. The summed E-state index contributed by atoms with van der Waals surface area (Å²) in [6, 6.07) is 8.17. The van der Waals surface area contributed by atoms with Gasteiger partial charge in [-0.15, -0.1) is 0 Å². The molecule has 18 heavy (non-hydrogen) atoms. The van der Waals surface area contributed by atoms with Gasteiger partial charge in [0.15, 0.2) is 0 Å². The third kappa shape index (κ3) is 3.21. The summed E-state index contributed by atoms with van der Waals surface area (Å²) in [5, 5.41) is 9.20. The Bertz CT molecular complexity index is 518. The molecule has 0 saturated carbocycles. The largest absolute Gasteiger partial charge is 0.392 e. The molecule has 1 nitrogen and oxygen atoms in total. The minimum atomic E-state index is 0.106. The number of rotatable bonds is 2. The molecule has 0 unspecified atom stereocenters. The van der Waals surface area contributed by atoms with E-state index in [1.54, 1.807) is 0 Å². The Morgan fingerprint density at radius 1 is 1.11 bits per heavy atom. The van der Waals surface area contributed by atoms with Gasteiger partial charge in [0.05, 0.1) is 6.61 Å². The Hall–Kier alpha value is -1.60. The van der Waals surface area contributed by atoms with Crippen molar-refractivity contribution >= 4 is 5.57 Å². The molecule has 94 valence electrons. The van der Waals surface area contributed by atoms with Crippen molar-refractivity contribution in [2.75, 3.05) is 0 Å². The molecule has 1 aromatic carbocycles. The van der Waals surface area contributed by atoms with Gasteiger partial charge >= 0.3 is 0 Å². The molecular weight excluding hydrogens is 220 g/mol. The molecule has 1 heteroatoms.